The Morgan fingerprint density at radius 2 is 1.80 bits per heavy atom. The van der Waals surface area contributed by atoms with E-state index >= 15 is 0 Å². The van der Waals surface area contributed by atoms with Gasteiger partial charge in [0.25, 0.3) is 0 Å². The van der Waals surface area contributed by atoms with Gasteiger partial charge in [-0.25, -0.2) is 0 Å². The summed E-state index contributed by atoms with van der Waals surface area (Å²) in [6.45, 7) is 8.47. The summed E-state index contributed by atoms with van der Waals surface area (Å²) in [6, 6.07) is 0.633. The van der Waals surface area contributed by atoms with Crippen molar-refractivity contribution in [2.45, 2.75) is 26.8 Å². The van der Waals surface area contributed by atoms with E-state index in [1.54, 1.807) is 0 Å². The molecule has 10 heavy (non-hydrogen) atoms. The first-order chi connectivity index (χ1) is 4.57. The van der Waals surface area contributed by atoms with Crippen LogP contribution in [0.2, 0.25) is 0 Å². The average molecular weight is 144 g/mol. The van der Waals surface area contributed by atoms with Crippen molar-refractivity contribution in [3.63, 3.8) is 0 Å². The average Bonchev–Trinajstić information content (AvgIpc) is 1.87. The van der Waals surface area contributed by atoms with E-state index < -0.39 is 0 Å². The fraction of sp³-hybridized carbons (Fsp3) is 1.00. The van der Waals surface area contributed by atoms with Gasteiger partial charge in [-0.2, -0.15) is 0 Å². The van der Waals surface area contributed by atoms with Crippen LogP contribution in [0.3, 0.4) is 0 Å². The Balaban J connectivity index is 3.46. The van der Waals surface area contributed by atoms with Crippen LogP contribution in [0.1, 0.15) is 20.8 Å². The van der Waals surface area contributed by atoms with Crippen LogP contribution in [0.5, 0.6) is 0 Å². The molecule has 0 amide bonds. The molecule has 0 aliphatic carbocycles. The first kappa shape index (κ1) is 9.92. The van der Waals surface area contributed by atoms with E-state index in [4.69, 9.17) is 5.73 Å². The predicted molar refractivity (Wildman–Crippen MR) is 46.0 cm³/mol. The number of hydrogen-bond acceptors (Lipinski definition) is 2. The quantitative estimate of drug-likeness (QED) is 0.636. The van der Waals surface area contributed by atoms with E-state index in [1.807, 2.05) is 0 Å². The number of hydrogen-bond donors (Lipinski definition) is 1. The van der Waals surface area contributed by atoms with Crippen LogP contribution in [0.25, 0.3) is 0 Å². The lowest BCUT2D eigenvalue weighted by molar-refractivity contribution is 0.240. The van der Waals surface area contributed by atoms with Gasteiger partial charge in [0.2, 0.25) is 0 Å². The third-order valence-corrected chi connectivity index (χ3v) is 1.88. The van der Waals surface area contributed by atoms with Crippen LogP contribution in [-0.4, -0.2) is 31.1 Å². The highest BCUT2D eigenvalue weighted by atomic mass is 15.1. The van der Waals surface area contributed by atoms with Crippen molar-refractivity contribution < 1.29 is 0 Å². The molecular formula is C8H20N2. The maximum absolute atomic E-state index is 5.49. The summed E-state index contributed by atoms with van der Waals surface area (Å²) in [5.41, 5.74) is 5.49. The van der Waals surface area contributed by atoms with Crippen molar-refractivity contribution in [3.8, 4) is 0 Å². The van der Waals surface area contributed by atoms with Gasteiger partial charge in [-0.3, -0.25) is 0 Å². The minimum absolute atomic E-state index is 0.618. The second kappa shape index (κ2) is 4.69. The largest absolute Gasteiger partial charge is 0.330 e. The summed E-state index contributed by atoms with van der Waals surface area (Å²) in [7, 11) is 2.14. The molecule has 1 atom stereocenters. The minimum atomic E-state index is 0.618. The Morgan fingerprint density at radius 3 is 2.10 bits per heavy atom. The maximum Gasteiger partial charge on any atom is 0.00356 e. The van der Waals surface area contributed by atoms with Crippen LogP contribution in [0.4, 0.5) is 0 Å². The Hall–Kier alpha value is -0.0800. The third kappa shape index (κ3) is 3.85. The summed E-state index contributed by atoms with van der Waals surface area (Å²) >= 11 is 0. The fourth-order valence-corrected chi connectivity index (χ4v) is 0.777. The fourth-order valence-electron chi connectivity index (χ4n) is 0.777. The highest BCUT2D eigenvalue weighted by Crippen LogP contribution is 1.99. The van der Waals surface area contributed by atoms with E-state index in [-0.39, 0.29) is 0 Å². The Kier molecular flexibility index (Phi) is 4.65. The maximum atomic E-state index is 5.49. The molecule has 2 nitrogen and oxygen atoms in total. The van der Waals surface area contributed by atoms with Gasteiger partial charge in [0.05, 0.1) is 0 Å². The normalized spacial score (nSPS) is 14.7. The van der Waals surface area contributed by atoms with Gasteiger partial charge in [-0.1, -0.05) is 6.92 Å². The molecule has 2 heteroatoms. The van der Waals surface area contributed by atoms with Gasteiger partial charge < -0.3 is 10.6 Å². The molecule has 0 aliphatic heterocycles. The van der Waals surface area contributed by atoms with Crippen LogP contribution in [-0.2, 0) is 0 Å². The molecule has 0 aromatic heterocycles. The topological polar surface area (TPSA) is 29.3 Å². The zero-order chi connectivity index (χ0) is 8.15. The van der Waals surface area contributed by atoms with Crippen LogP contribution >= 0.6 is 0 Å². The first-order valence-electron chi connectivity index (χ1n) is 3.98. The second-order valence-corrected chi connectivity index (χ2v) is 3.37. The van der Waals surface area contributed by atoms with Crippen molar-refractivity contribution >= 4 is 0 Å². The van der Waals surface area contributed by atoms with Crippen molar-refractivity contribution in [1.82, 2.24) is 4.90 Å². The minimum Gasteiger partial charge on any atom is -0.330 e. The van der Waals surface area contributed by atoms with Crippen LogP contribution < -0.4 is 5.73 Å². The van der Waals surface area contributed by atoms with Crippen molar-refractivity contribution in [3.05, 3.63) is 0 Å². The molecule has 0 aromatic rings. The standard InChI is InChI=1S/C8H20N2/c1-7(2)10(4)6-8(3)5-9/h7-8H,5-6,9H2,1-4H3. The summed E-state index contributed by atoms with van der Waals surface area (Å²) in [5, 5.41) is 0. The zero-order valence-electron chi connectivity index (χ0n) is 7.59. The highest BCUT2D eigenvalue weighted by molar-refractivity contribution is 4.62. The Morgan fingerprint density at radius 1 is 1.30 bits per heavy atom. The molecule has 0 bridgehead atoms. The van der Waals surface area contributed by atoms with Gasteiger partial charge in [0.15, 0.2) is 0 Å². The van der Waals surface area contributed by atoms with Gasteiger partial charge in [0.1, 0.15) is 0 Å². The second-order valence-electron chi connectivity index (χ2n) is 3.37. The molecular weight excluding hydrogens is 124 g/mol. The highest BCUT2D eigenvalue weighted by Gasteiger charge is 2.06. The molecule has 0 saturated carbocycles. The summed E-state index contributed by atoms with van der Waals surface area (Å²) in [4.78, 5) is 2.32. The predicted octanol–water partition coefficient (Wildman–Crippen LogP) is 0.921. The van der Waals surface area contributed by atoms with Crippen molar-refractivity contribution in [2.24, 2.45) is 11.7 Å². The first-order valence-corrected chi connectivity index (χ1v) is 3.98. The van der Waals surface area contributed by atoms with E-state index in [9.17, 15) is 0 Å². The van der Waals surface area contributed by atoms with E-state index in [0.717, 1.165) is 13.1 Å². The molecule has 0 aromatic carbocycles. The van der Waals surface area contributed by atoms with Gasteiger partial charge in [-0.05, 0) is 33.4 Å². The number of rotatable bonds is 4. The molecule has 0 heterocycles. The Labute approximate surface area is 64.4 Å². The molecule has 1 unspecified atom stereocenters. The molecule has 0 spiro atoms. The van der Waals surface area contributed by atoms with Gasteiger partial charge >= 0.3 is 0 Å². The monoisotopic (exact) mass is 144 g/mol. The Bertz CT molecular complexity index is 81.3. The summed E-state index contributed by atoms with van der Waals surface area (Å²) < 4.78 is 0. The molecule has 0 radical (unpaired) electrons. The van der Waals surface area contributed by atoms with E-state index in [2.05, 4.69) is 32.7 Å². The molecule has 0 saturated heterocycles. The molecule has 0 rings (SSSR count). The smallest absolute Gasteiger partial charge is 0.00356 e. The zero-order valence-corrected chi connectivity index (χ0v) is 7.59. The summed E-state index contributed by atoms with van der Waals surface area (Å²) in [6.07, 6.45) is 0. The number of nitrogens with zero attached hydrogens (tertiary/aromatic N) is 1. The summed E-state index contributed by atoms with van der Waals surface area (Å²) in [5.74, 6) is 0.618. The van der Waals surface area contributed by atoms with E-state index in [1.165, 1.54) is 0 Å². The van der Waals surface area contributed by atoms with Gasteiger partial charge in [0, 0.05) is 12.6 Å². The van der Waals surface area contributed by atoms with Crippen molar-refractivity contribution in [1.29, 1.82) is 0 Å². The molecule has 2 N–H and O–H groups in total. The van der Waals surface area contributed by atoms with Crippen LogP contribution in [0, 0.1) is 5.92 Å². The van der Waals surface area contributed by atoms with Gasteiger partial charge in [-0.15, -0.1) is 0 Å². The SMILES string of the molecule is CC(CN)CN(C)C(C)C. The number of nitrogens with two attached hydrogens (primary N) is 1. The molecule has 0 fully saturated rings. The van der Waals surface area contributed by atoms with Crippen molar-refractivity contribution in [2.75, 3.05) is 20.1 Å². The lowest BCUT2D eigenvalue weighted by Crippen LogP contribution is -2.33. The van der Waals surface area contributed by atoms with E-state index in [0.29, 0.717) is 12.0 Å². The van der Waals surface area contributed by atoms with Crippen LogP contribution in [0.15, 0.2) is 0 Å². The molecule has 62 valence electrons. The third-order valence-electron chi connectivity index (χ3n) is 1.88. The lowest BCUT2D eigenvalue weighted by atomic mass is 10.1. The molecule has 0 aliphatic rings. The lowest BCUT2D eigenvalue weighted by Gasteiger charge is -2.23.